The van der Waals surface area contributed by atoms with Crippen molar-refractivity contribution in [1.29, 1.82) is 0 Å². The molecule has 0 spiro atoms. The third-order valence-corrected chi connectivity index (χ3v) is 2.20. The Labute approximate surface area is 83.1 Å². The summed E-state index contributed by atoms with van der Waals surface area (Å²) in [6.45, 7) is -0.500. The largest absolute Gasteiger partial charge is 0.316 e. The van der Waals surface area contributed by atoms with E-state index in [1.54, 1.807) is 12.1 Å². The highest BCUT2D eigenvalue weighted by Crippen LogP contribution is 2.17. The highest BCUT2D eigenvalue weighted by Gasteiger charge is 2.10. The zero-order valence-electron chi connectivity index (χ0n) is 8.26. The van der Waals surface area contributed by atoms with Crippen LogP contribution in [0, 0.1) is 0 Å². The van der Waals surface area contributed by atoms with E-state index in [9.17, 15) is 8.78 Å². The monoisotopic (exact) mass is 199 g/mol. The van der Waals surface area contributed by atoms with Crippen molar-refractivity contribution in [2.75, 3.05) is 20.4 Å². The van der Waals surface area contributed by atoms with Crippen LogP contribution in [0.25, 0.3) is 0 Å². The van der Waals surface area contributed by atoms with Gasteiger partial charge in [0.25, 0.3) is 0 Å². The molecule has 0 saturated carbocycles. The molecule has 0 aliphatic heterocycles. The lowest BCUT2D eigenvalue weighted by molar-refractivity contribution is 0.353. The highest BCUT2D eigenvalue weighted by molar-refractivity contribution is 5.25. The Bertz CT molecular complexity index is 254. The van der Waals surface area contributed by atoms with Crippen LogP contribution in [0.1, 0.15) is 17.0 Å². The predicted octanol–water partition coefficient (Wildman–Crippen LogP) is 2.43. The molecule has 1 nitrogen and oxygen atoms in total. The Morgan fingerprint density at radius 1 is 1.14 bits per heavy atom. The minimum Gasteiger partial charge on any atom is -0.316 e. The molecule has 0 radical (unpaired) electrons. The quantitative estimate of drug-likeness (QED) is 0.768. The van der Waals surface area contributed by atoms with E-state index in [2.05, 4.69) is 5.32 Å². The molecule has 0 atom stereocenters. The second-order valence-corrected chi connectivity index (χ2v) is 3.28. The van der Waals surface area contributed by atoms with Crippen molar-refractivity contribution < 1.29 is 8.78 Å². The Hall–Kier alpha value is -0.960. The number of hydrogen-bond donors (Lipinski definition) is 1. The Morgan fingerprint density at radius 3 is 2.14 bits per heavy atom. The lowest BCUT2D eigenvalue weighted by Gasteiger charge is -2.09. The maximum atomic E-state index is 12.3. The molecule has 1 aromatic carbocycles. The molecule has 78 valence electrons. The number of alkyl halides is 2. The molecule has 3 heteroatoms. The van der Waals surface area contributed by atoms with E-state index in [1.165, 1.54) is 0 Å². The number of hydrogen-bond acceptors (Lipinski definition) is 1. The predicted molar refractivity (Wildman–Crippen MR) is 53.9 cm³/mol. The summed E-state index contributed by atoms with van der Waals surface area (Å²) in [6, 6.07) is 7.36. The van der Waals surface area contributed by atoms with E-state index in [0.717, 1.165) is 17.7 Å². The zero-order valence-corrected chi connectivity index (χ0v) is 8.26. The summed E-state index contributed by atoms with van der Waals surface area (Å²) in [6.07, 6.45) is 0. The van der Waals surface area contributed by atoms with Crippen LogP contribution in [-0.4, -0.2) is 20.4 Å². The fraction of sp³-hybridized carbons (Fsp3) is 0.455. The van der Waals surface area contributed by atoms with Crippen LogP contribution in [-0.2, 0) is 6.54 Å². The lowest BCUT2D eigenvalue weighted by Crippen LogP contribution is -2.06. The van der Waals surface area contributed by atoms with Gasteiger partial charge in [-0.15, -0.1) is 0 Å². The van der Waals surface area contributed by atoms with Crippen molar-refractivity contribution in [3.63, 3.8) is 0 Å². The molecule has 0 amide bonds. The normalized spacial score (nSPS) is 10.9. The molecule has 14 heavy (non-hydrogen) atoms. The molecule has 0 heterocycles. The molecule has 0 bridgehead atoms. The summed E-state index contributed by atoms with van der Waals surface area (Å²) in [4.78, 5) is 0. The first-order valence-corrected chi connectivity index (χ1v) is 4.67. The molecule has 0 unspecified atom stereocenters. The van der Waals surface area contributed by atoms with E-state index in [0.29, 0.717) is 0 Å². The molecule has 0 saturated heterocycles. The summed E-state index contributed by atoms with van der Waals surface area (Å²) in [7, 11) is 1.86. The van der Waals surface area contributed by atoms with E-state index in [-0.39, 0.29) is 0 Å². The van der Waals surface area contributed by atoms with Crippen molar-refractivity contribution in [2.45, 2.75) is 12.5 Å². The second kappa shape index (κ2) is 5.70. The molecule has 0 aromatic heterocycles. The first-order chi connectivity index (χ1) is 6.81. The third kappa shape index (κ3) is 2.77. The van der Waals surface area contributed by atoms with Gasteiger partial charge in [-0.25, -0.2) is 0 Å². The van der Waals surface area contributed by atoms with Gasteiger partial charge in [0.15, 0.2) is 0 Å². The standard InChI is InChI=1S/C11H15F2N/c1-14-8-9-2-4-10(5-3-9)11(6-12)7-13/h2-5,11,14H,6-8H2,1H3. The number of nitrogens with one attached hydrogen (secondary N) is 1. The summed E-state index contributed by atoms with van der Waals surface area (Å²) < 4.78 is 24.7. The number of benzene rings is 1. The van der Waals surface area contributed by atoms with Crippen molar-refractivity contribution in [3.8, 4) is 0 Å². The average Bonchev–Trinajstić information content (AvgIpc) is 2.23. The van der Waals surface area contributed by atoms with Crippen LogP contribution < -0.4 is 5.32 Å². The molecule has 1 N–H and O–H groups in total. The summed E-state index contributed by atoms with van der Waals surface area (Å²) >= 11 is 0. The van der Waals surface area contributed by atoms with Crippen molar-refractivity contribution >= 4 is 0 Å². The molecule has 0 fully saturated rings. The maximum absolute atomic E-state index is 12.3. The van der Waals surface area contributed by atoms with Gasteiger partial charge in [-0.2, -0.15) is 0 Å². The number of rotatable bonds is 5. The SMILES string of the molecule is CNCc1ccc(C(CF)CF)cc1. The third-order valence-electron chi connectivity index (χ3n) is 2.20. The van der Waals surface area contributed by atoms with E-state index in [4.69, 9.17) is 0 Å². The molecular weight excluding hydrogens is 184 g/mol. The Morgan fingerprint density at radius 2 is 1.71 bits per heavy atom. The van der Waals surface area contributed by atoms with E-state index >= 15 is 0 Å². The smallest absolute Gasteiger partial charge is 0.0988 e. The average molecular weight is 199 g/mol. The van der Waals surface area contributed by atoms with Gasteiger partial charge >= 0.3 is 0 Å². The molecule has 0 aliphatic carbocycles. The van der Waals surface area contributed by atoms with Gasteiger partial charge in [-0.1, -0.05) is 24.3 Å². The van der Waals surface area contributed by atoms with Crippen LogP contribution in [0.4, 0.5) is 8.78 Å². The van der Waals surface area contributed by atoms with Gasteiger partial charge in [0, 0.05) is 12.5 Å². The fourth-order valence-corrected chi connectivity index (χ4v) is 1.33. The first-order valence-electron chi connectivity index (χ1n) is 4.67. The second-order valence-electron chi connectivity index (χ2n) is 3.28. The van der Waals surface area contributed by atoms with Gasteiger partial charge < -0.3 is 5.32 Å². The highest BCUT2D eigenvalue weighted by atomic mass is 19.1. The number of halogens is 2. The molecule has 1 aromatic rings. The van der Waals surface area contributed by atoms with Crippen molar-refractivity contribution in [2.24, 2.45) is 0 Å². The Kier molecular flexibility index (Phi) is 4.53. The fourth-order valence-electron chi connectivity index (χ4n) is 1.33. The molecular formula is C11H15F2N. The molecule has 0 aliphatic rings. The summed E-state index contributed by atoms with van der Waals surface area (Å²) in [5, 5.41) is 3.01. The minimum absolute atomic E-state index is 0.598. The van der Waals surface area contributed by atoms with Crippen LogP contribution in [0.5, 0.6) is 0 Å². The Balaban J connectivity index is 2.71. The minimum atomic E-state index is -0.637. The summed E-state index contributed by atoms with van der Waals surface area (Å²) in [5.74, 6) is -0.598. The van der Waals surface area contributed by atoms with Crippen molar-refractivity contribution in [3.05, 3.63) is 35.4 Å². The topological polar surface area (TPSA) is 12.0 Å². The van der Waals surface area contributed by atoms with Crippen LogP contribution in [0.15, 0.2) is 24.3 Å². The van der Waals surface area contributed by atoms with E-state index < -0.39 is 19.3 Å². The van der Waals surface area contributed by atoms with Gasteiger partial charge in [0.2, 0.25) is 0 Å². The maximum Gasteiger partial charge on any atom is 0.0988 e. The zero-order chi connectivity index (χ0) is 10.4. The lowest BCUT2D eigenvalue weighted by atomic mass is 10.0. The van der Waals surface area contributed by atoms with Gasteiger partial charge in [0.1, 0.15) is 0 Å². The first kappa shape index (κ1) is 11.1. The summed E-state index contributed by atoms with van der Waals surface area (Å²) in [5.41, 5.74) is 1.85. The van der Waals surface area contributed by atoms with Crippen LogP contribution in [0.3, 0.4) is 0 Å². The molecule has 1 rings (SSSR count). The van der Waals surface area contributed by atoms with Crippen LogP contribution in [0.2, 0.25) is 0 Å². The van der Waals surface area contributed by atoms with Crippen molar-refractivity contribution in [1.82, 2.24) is 5.32 Å². The van der Waals surface area contributed by atoms with Crippen LogP contribution >= 0.6 is 0 Å². The van der Waals surface area contributed by atoms with Gasteiger partial charge in [0.05, 0.1) is 13.3 Å². The van der Waals surface area contributed by atoms with Gasteiger partial charge in [-0.3, -0.25) is 8.78 Å². The van der Waals surface area contributed by atoms with Gasteiger partial charge in [-0.05, 0) is 18.2 Å². The van der Waals surface area contributed by atoms with E-state index in [1.807, 2.05) is 19.2 Å².